The molecule has 176 valence electrons. The second-order valence-electron chi connectivity index (χ2n) is 8.55. The van der Waals surface area contributed by atoms with Gasteiger partial charge in [-0.15, -0.1) is 0 Å². The van der Waals surface area contributed by atoms with Gasteiger partial charge in [0.05, 0.1) is 11.6 Å². The smallest absolute Gasteiger partial charge is 0.295 e. The molecule has 2 aromatic rings. The average Bonchev–Trinajstić information content (AvgIpc) is 3.11. The van der Waals surface area contributed by atoms with Crippen molar-refractivity contribution >= 4 is 17.4 Å². The number of amides is 1. The lowest BCUT2D eigenvalue weighted by atomic mass is 9.96. The van der Waals surface area contributed by atoms with Crippen molar-refractivity contribution in [1.29, 1.82) is 0 Å². The van der Waals surface area contributed by atoms with E-state index < -0.39 is 17.7 Å². The van der Waals surface area contributed by atoms with Crippen LogP contribution in [0.3, 0.4) is 0 Å². The Kier molecular flexibility index (Phi) is 9.19. The normalized spacial score (nSPS) is 17.8. The Labute approximate surface area is 196 Å². The minimum absolute atomic E-state index is 0.132. The van der Waals surface area contributed by atoms with Crippen LogP contribution in [0, 0.1) is 0 Å². The van der Waals surface area contributed by atoms with E-state index in [2.05, 4.69) is 23.7 Å². The molecule has 33 heavy (non-hydrogen) atoms. The summed E-state index contributed by atoms with van der Waals surface area (Å²) >= 11 is 0. The number of ketones is 1. The van der Waals surface area contributed by atoms with Gasteiger partial charge in [0.2, 0.25) is 0 Å². The van der Waals surface area contributed by atoms with Crippen molar-refractivity contribution in [2.24, 2.45) is 0 Å². The number of benzene rings is 1. The Morgan fingerprint density at radius 1 is 0.970 bits per heavy atom. The van der Waals surface area contributed by atoms with Gasteiger partial charge < -0.3 is 14.9 Å². The van der Waals surface area contributed by atoms with E-state index in [0.29, 0.717) is 12.1 Å². The first-order valence-corrected chi connectivity index (χ1v) is 12.0. The van der Waals surface area contributed by atoms with Crippen molar-refractivity contribution < 1.29 is 14.7 Å². The first kappa shape index (κ1) is 24.6. The van der Waals surface area contributed by atoms with Crippen LogP contribution in [0.25, 0.3) is 5.76 Å². The summed E-state index contributed by atoms with van der Waals surface area (Å²) < 4.78 is 0. The van der Waals surface area contributed by atoms with Crippen LogP contribution >= 0.6 is 0 Å². The molecule has 1 atom stereocenters. The summed E-state index contributed by atoms with van der Waals surface area (Å²) in [6.45, 7) is 7.81. The lowest BCUT2D eigenvalue weighted by Gasteiger charge is -2.27. The van der Waals surface area contributed by atoms with Crippen LogP contribution < -0.4 is 0 Å². The van der Waals surface area contributed by atoms with Crippen molar-refractivity contribution in [3.05, 3.63) is 71.6 Å². The number of rotatable bonds is 12. The number of carbonyl (C=O) groups is 2. The number of aliphatic hydroxyl groups excluding tert-OH is 1. The molecule has 1 unspecified atom stereocenters. The summed E-state index contributed by atoms with van der Waals surface area (Å²) in [4.78, 5) is 34.4. The maximum absolute atomic E-state index is 13.1. The van der Waals surface area contributed by atoms with Gasteiger partial charge in [-0.05, 0) is 50.5 Å². The van der Waals surface area contributed by atoms with Crippen LogP contribution in [-0.2, 0) is 9.59 Å². The molecule has 0 aliphatic carbocycles. The number of carbonyl (C=O) groups excluding carboxylic acids is 2. The molecule has 1 fully saturated rings. The third kappa shape index (κ3) is 6.08. The van der Waals surface area contributed by atoms with Crippen LogP contribution in [0.5, 0.6) is 0 Å². The third-order valence-corrected chi connectivity index (χ3v) is 6.12. The van der Waals surface area contributed by atoms with Crippen LogP contribution in [-0.4, -0.2) is 57.8 Å². The Hall–Kier alpha value is -2.99. The Bertz CT molecular complexity index is 936. The Morgan fingerprint density at radius 2 is 1.64 bits per heavy atom. The molecule has 1 aromatic carbocycles. The highest BCUT2D eigenvalue weighted by molar-refractivity contribution is 6.46. The zero-order chi connectivity index (χ0) is 23.6. The van der Waals surface area contributed by atoms with Crippen LogP contribution in [0.4, 0.5) is 0 Å². The predicted octanol–water partition coefficient (Wildman–Crippen LogP) is 4.80. The molecule has 0 bridgehead atoms. The molecule has 1 aliphatic rings. The molecule has 6 heteroatoms. The number of aromatic nitrogens is 1. The van der Waals surface area contributed by atoms with Gasteiger partial charge in [0, 0.05) is 24.5 Å². The van der Waals surface area contributed by atoms with Gasteiger partial charge in [-0.25, -0.2) is 0 Å². The van der Waals surface area contributed by atoms with E-state index in [1.165, 1.54) is 0 Å². The summed E-state index contributed by atoms with van der Waals surface area (Å²) in [6, 6.07) is 11.9. The maximum atomic E-state index is 13.1. The average molecular weight is 450 g/mol. The number of aliphatic hydroxyl groups is 1. The molecule has 6 nitrogen and oxygen atoms in total. The molecule has 1 amide bonds. The largest absolute Gasteiger partial charge is 0.507 e. The highest BCUT2D eigenvalue weighted by atomic mass is 16.3. The maximum Gasteiger partial charge on any atom is 0.295 e. The van der Waals surface area contributed by atoms with Gasteiger partial charge in [0.15, 0.2) is 0 Å². The van der Waals surface area contributed by atoms with E-state index >= 15 is 0 Å². The molecular formula is C27H35N3O3. The standard InChI is InChI=1S/C27H35N3O3/c1-3-5-16-29(17-6-4-2)18-11-19-30-24(22-14-10-15-28-20-22)23(26(32)27(30)33)25(31)21-12-8-7-9-13-21/h7-10,12-15,20,24,31H,3-6,11,16-19H2,1-2H3/b25-23-. The molecule has 1 saturated heterocycles. The molecule has 2 heterocycles. The lowest BCUT2D eigenvalue weighted by molar-refractivity contribution is -0.140. The number of likely N-dealkylation sites (tertiary alicyclic amines) is 1. The van der Waals surface area contributed by atoms with Crippen LogP contribution in [0.2, 0.25) is 0 Å². The zero-order valence-corrected chi connectivity index (χ0v) is 19.7. The van der Waals surface area contributed by atoms with E-state index in [-0.39, 0.29) is 11.3 Å². The Morgan fingerprint density at radius 3 is 2.24 bits per heavy atom. The first-order chi connectivity index (χ1) is 16.1. The predicted molar refractivity (Wildman–Crippen MR) is 131 cm³/mol. The van der Waals surface area contributed by atoms with Crippen LogP contribution in [0.1, 0.15) is 63.1 Å². The highest BCUT2D eigenvalue weighted by Crippen LogP contribution is 2.39. The lowest BCUT2D eigenvalue weighted by Crippen LogP contribution is -2.34. The van der Waals surface area contributed by atoms with Crippen molar-refractivity contribution in [3.63, 3.8) is 0 Å². The van der Waals surface area contributed by atoms with E-state index in [1.807, 2.05) is 12.1 Å². The van der Waals surface area contributed by atoms with Crippen molar-refractivity contribution in [2.45, 2.75) is 52.0 Å². The molecule has 0 spiro atoms. The van der Waals surface area contributed by atoms with Crippen molar-refractivity contribution in [3.8, 4) is 0 Å². The second-order valence-corrected chi connectivity index (χ2v) is 8.55. The minimum Gasteiger partial charge on any atom is -0.507 e. The third-order valence-electron chi connectivity index (χ3n) is 6.12. The summed E-state index contributed by atoms with van der Waals surface area (Å²) in [5.41, 5.74) is 1.38. The topological polar surface area (TPSA) is 73.7 Å². The number of nitrogens with zero attached hydrogens (tertiary/aromatic N) is 3. The quantitative estimate of drug-likeness (QED) is 0.286. The summed E-state index contributed by atoms with van der Waals surface area (Å²) in [5.74, 6) is -1.34. The molecule has 3 rings (SSSR count). The fraction of sp³-hybridized carbons (Fsp3) is 0.444. The number of hydrogen-bond donors (Lipinski definition) is 1. The van der Waals surface area contributed by atoms with Crippen molar-refractivity contribution in [1.82, 2.24) is 14.8 Å². The van der Waals surface area contributed by atoms with Crippen LogP contribution in [0.15, 0.2) is 60.4 Å². The molecule has 1 N–H and O–H groups in total. The monoisotopic (exact) mass is 449 g/mol. The number of pyridine rings is 1. The molecule has 0 radical (unpaired) electrons. The molecule has 0 saturated carbocycles. The SMILES string of the molecule is CCCCN(CCCC)CCCN1C(=O)C(=O)/C(=C(\O)c2ccccc2)C1c1cccnc1. The Balaban J connectivity index is 1.85. The fourth-order valence-electron chi connectivity index (χ4n) is 4.31. The van der Waals surface area contributed by atoms with Crippen molar-refractivity contribution in [2.75, 3.05) is 26.2 Å². The van der Waals surface area contributed by atoms with E-state index in [4.69, 9.17) is 0 Å². The first-order valence-electron chi connectivity index (χ1n) is 12.0. The highest BCUT2D eigenvalue weighted by Gasteiger charge is 2.45. The second kappa shape index (κ2) is 12.3. The van der Waals surface area contributed by atoms with Gasteiger partial charge in [0.25, 0.3) is 11.7 Å². The zero-order valence-electron chi connectivity index (χ0n) is 19.7. The number of Topliss-reactive ketones (excluding diaryl/α,β-unsaturated/α-hetero) is 1. The molecule has 1 aliphatic heterocycles. The van der Waals surface area contributed by atoms with E-state index in [0.717, 1.165) is 57.3 Å². The minimum atomic E-state index is -0.640. The molecular weight excluding hydrogens is 414 g/mol. The van der Waals surface area contributed by atoms with E-state index in [9.17, 15) is 14.7 Å². The van der Waals surface area contributed by atoms with Gasteiger partial charge in [-0.1, -0.05) is 63.1 Å². The summed E-state index contributed by atoms with van der Waals surface area (Å²) in [7, 11) is 0. The summed E-state index contributed by atoms with van der Waals surface area (Å²) in [5, 5.41) is 11.0. The molecule has 1 aromatic heterocycles. The summed E-state index contributed by atoms with van der Waals surface area (Å²) in [6.07, 6.45) is 8.70. The number of hydrogen-bond acceptors (Lipinski definition) is 5. The fourth-order valence-corrected chi connectivity index (χ4v) is 4.31. The van der Waals surface area contributed by atoms with Gasteiger partial charge in [-0.2, -0.15) is 0 Å². The number of unbranched alkanes of at least 4 members (excludes halogenated alkanes) is 2. The van der Waals surface area contributed by atoms with Gasteiger partial charge >= 0.3 is 0 Å². The van der Waals surface area contributed by atoms with Gasteiger partial charge in [-0.3, -0.25) is 14.6 Å². The van der Waals surface area contributed by atoms with E-state index in [1.54, 1.807) is 47.6 Å². The van der Waals surface area contributed by atoms with Gasteiger partial charge in [0.1, 0.15) is 5.76 Å².